The number of carbonyl (C=O) groups excluding carboxylic acids is 2. The van der Waals surface area contributed by atoms with Crippen LogP contribution in [0.4, 0.5) is 26.3 Å². The van der Waals surface area contributed by atoms with E-state index in [1.54, 1.807) is 0 Å². The van der Waals surface area contributed by atoms with E-state index in [2.05, 4.69) is 10.3 Å². The number of halogens is 6. The average Bonchev–Trinajstić information content (AvgIpc) is 3.30. The SMILES string of the molecule is CC[C@@H]1C[C@H](C(=O)N[C@@H](c2cc(F)c(C(F)(F)F)cc2F)[C@H]2C[C@@H](O)C2)N(C(=O)c2ccnc(CF)c2)C1. The second-order valence-corrected chi connectivity index (χ2v) is 9.88. The molecular weight excluding hydrogens is 516 g/mol. The third kappa shape index (κ3) is 5.64. The topological polar surface area (TPSA) is 82.5 Å². The van der Waals surface area contributed by atoms with E-state index in [9.17, 15) is 41.0 Å². The number of benzene rings is 1. The van der Waals surface area contributed by atoms with Crippen molar-refractivity contribution >= 4 is 11.8 Å². The molecule has 1 saturated carbocycles. The first kappa shape index (κ1) is 27.9. The molecule has 0 spiro atoms. The fourth-order valence-corrected chi connectivity index (χ4v) is 5.16. The predicted octanol–water partition coefficient (Wildman–Crippen LogP) is 4.72. The Hall–Kier alpha value is -3.15. The van der Waals surface area contributed by atoms with Gasteiger partial charge in [-0.3, -0.25) is 14.6 Å². The summed E-state index contributed by atoms with van der Waals surface area (Å²) in [6.45, 7) is 1.24. The van der Waals surface area contributed by atoms with Gasteiger partial charge in [-0.25, -0.2) is 13.2 Å². The zero-order valence-corrected chi connectivity index (χ0v) is 20.4. The lowest BCUT2D eigenvalue weighted by Gasteiger charge is -2.39. The van der Waals surface area contributed by atoms with Crippen molar-refractivity contribution in [2.75, 3.05) is 6.54 Å². The summed E-state index contributed by atoms with van der Waals surface area (Å²) in [7, 11) is 0. The van der Waals surface area contributed by atoms with E-state index >= 15 is 0 Å². The van der Waals surface area contributed by atoms with Gasteiger partial charge in [-0.05, 0) is 55.4 Å². The first-order valence-electron chi connectivity index (χ1n) is 12.3. The Kier molecular flexibility index (Phi) is 8.01. The summed E-state index contributed by atoms with van der Waals surface area (Å²) in [4.78, 5) is 31.9. The molecule has 2 aliphatic rings. The number of amides is 2. The molecule has 2 amide bonds. The quantitative estimate of drug-likeness (QED) is 0.496. The number of hydrogen-bond acceptors (Lipinski definition) is 4. The van der Waals surface area contributed by atoms with Gasteiger partial charge >= 0.3 is 6.18 Å². The van der Waals surface area contributed by atoms with Crippen molar-refractivity contribution in [1.82, 2.24) is 15.2 Å². The second kappa shape index (κ2) is 10.9. The van der Waals surface area contributed by atoms with E-state index in [0.29, 0.717) is 12.5 Å². The molecule has 2 fully saturated rings. The number of hydrogen-bond donors (Lipinski definition) is 2. The summed E-state index contributed by atoms with van der Waals surface area (Å²) in [5, 5.41) is 12.4. The number of aliphatic hydroxyl groups excluding tert-OH is 1. The highest BCUT2D eigenvalue weighted by atomic mass is 19.4. The van der Waals surface area contributed by atoms with Crippen LogP contribution in [0.15, 0.2) is 30.5 Å². The van der Waals surface area contributed by atoms with Crippen molar-refractivity contribution in [3.05, 3.63) is 64.5 Å². The zero-order chi connectivity index (χ0) is 27.8. The third-order valence-electron chi connectivity index (χ3n) is 7.37. The molecule has 12 heteroatoms. The molecule has 206 valence electrons. The molecule has 4 rings (SSSR count). The van der Waals surface area contributed by atoms with Gasteiger partial charge in [0, 0.05) is 23.9 Å². The van der Waals surface area contributed by atoms with Gasteiger partial charge in [0.15, 0.2) is 0 Å². The maximum Gasteiger partial charge on any atom is 0.419 e. The van der Waals surface area contributed by atoms with Gasteiger partial charge in [-0.1, -0.05) is 13.3 Å². The highest BCUT2D eigenvalue weighted by Crippen LogP contribution is 2.41. The van der Waals surface area contributed by atoms with E-state index in [0.717, 1.165) is 0 Å². The van der Waals surface area contributed by atoms with Gasteiger partial charge in [-0.15, -0.1) is 0 Å². The minimum absolute atomic E-state index is 0.0404. The lowest BCUT2D eigenvalue weighted by Crippen LogP contribution is -2.49. The minimum atomic E-state index is -5.11. The Labute approximate surface area is 215 Å². The van der Waals surface area contributed by atoms with E-state index in [1.165, 1.54) is 23.2 Å². The molecule has 0 radical (unpaired) electrons. The molecule has 2 heterocycles. The Morgan fingerprint density at radius 3 is 2.47 bits per heavy atom. The predicted molar refractivity (Wildman–Crippen MR) is 123 cm³/mol. The van der Waals surface area contributed by atoms with Crippen LogP contribution >= 0.6 is 0 Å². The molecule has 1 aliphatic heterocycles. The summed E-state index contributed by atoms with van der Waals surface area (Å²) in [5.74, 6) is -4.83. The number of alkyl halides is 4. The lowest BCUT2D eigenvalue weighted by atomic mass is 9.74. The normalized spacial score (nSPS) is 24.2. The summed E-state index contributed by atoms with van der Waals surface area (Å²) in [5.41, 5.74) is -2.05. The summed E-state index contributed by atoms with van der Waals surface area (Å²) in [6.07, 6.45) is -3.39. The van der Waals surface area contributed by atoms with Crippen molar-refractivity contribution in [2.45, 2.75) is 63.6 Å². The monoisotopic (exact) mass is 543 g/mol. The number of aliphatic hydroxyl groups is 1. The molecule has 1 saturated heterocycles. The maximum absolute atomic E-state index is 14.9. The van der Waals surface area contributed by atoms with Crippen molar-refractivity contribution in [2.24, 2.45) is 11.8 Å². The van der Waals surface area contributed by atoms with Gasteiger partial charge < -0.3 is 15.3 Å². The van der Waals surface area contributed by atoms with Crippen molar-refractivity contribution in [1.29, 1.82) is 0 Å². The highest BCUT2D eigenvalue weighted by Gasteiger charge is 2.43. The summed E-state index contributed by atoms with van der Waals surface area (Å²) in [6, 6.07) is 0.951. The van der Waals surface area contributed by atoms with Crippen LogP contribution in [0.25, 0.3) is 0 Å². The van der Waals surface area contributed by atoms with Gasteiger partial charge in [-0.2, -0.15) is 13.2 Å². The molecule has 6 nitrogen and oxygen atoms in total. The molecule has 0 bridgehead atoms. The highest BCUT2D eigenvalue weighted by molar-refractivity contribution is 5.98. The second-order valence-electron chi connectivity index (χ2n) is 9.88. The van der Waals surface area contributed by atoms with Crippen LogP contribution in [-0.2, 0) is 17.6 Å². The van der Waals surface area contributed by atoms with E-state index in [1.807, 2.05) is 6.92 Å². The third-order valence-corrected chi connectivity index (χ3v) is 7.37. The Morgan fingerprint density at radius 1 is 1.16 bits per heavy atom. The van der Waals surface area contributed by atoms with Gasteiger partial charge in [0.1, 0.15) is 24.4 Å². The molecule has 38 heavy (non-hydrogen) atoms. The van der Waals surface area contributed by atoms with E-state index in [4.69, 9.17) is 0 Å². The Balaban J connectivity index is 1.63. The lowest BCUT2D eigenvalue weighted by molar-refractivity contribution is -0.140. The van der Waals surface area contributed by atoms with Crippen LogP contribution < -0.4 is 5.32 Å². The number of rotatable bonds is 7. The average molecular weight is 544 g/mol. The van der Waals surface area contributed by atoms with Crippen molar-refractivity contribution in [3.63, 3.8) is 0 Å². The first-order chi connectivity index (χ1) is 17.9. The largest absolute Gasteiger partial charge is 0.419 e. The number of likely N-dealkylation sites (tertiary alicyclic amines) is 1. The molecule has 1 aromatic heterocycles. The van der Waals surface area contributed by atoms with E-state index in [-0.39, 0.29) is 49.0 Å². The number of nitrogens with one attached hydrogen (secondary N) is 1. The fourth-order valence-electron chi connectivity index (χ4n) is 5.16. The molecule has 2 N–H and O–H groups in total. The van der Waals surface area contributed by atoms with Crippen molar-refractivity contribution < 1.29 is 41.0 Å². The molecular formula is C26H27F6N3O3. The maximum atomic E-state index is 14.9. The van der Waals surface area contributed by atoms with Gasteiger partial charge in [0.05, 0.1) is 23.4 Å². The van der Waals surface area contributed by atoms with Crippen LogP contribution in [0.2, 0.25) is 0 Å². The standard InChI is InChI=1S/C26H27F6N3O3/c1-2-13-5-22(35(12-13)25(38)14-3-4-33-16(6-14)11-27)24(37)34-23(15-7-17(36)8-15)18-9-21(29)19(10-20(18)28)26(30,31)32/h3-4,6,9-10,13,15,17,22-23,36H,2,5,7-8,11-12H2,1H3,(H,34,37)/t13-,15-,17+,22-,23-/m1/s1. The molecule has 0 unspecified atom stereocenters. The molecule has 1 aliphatic carbocycles. The fraction of sp³-hybridized carbons (Fsp3) is 0.500. The molecule has 3 atom stereocenters. The van der Waals surface area contributed by atoms with E-state index < -0.39 is 71.5 Å². The van der Waals surface area contributed by atoms with Crippen LogP contribution in [0.3, 0.4) is 0 Å². The zero-order valence-electron chi connectivity index (χ0n) is 20.4. The van der Waals surface area contributed by atoms with Crippen LogP contribution in [0, 0.1) is 23.5 Å². The Morgan fingerprint density at radius 2 is 1.87 bits per heavy atom. The number of carbonyl (C=O) groups is 2. The number of pyridine rings is 1. The molecule has 2 aromatic rings. The number of aromatic nitrogens is 1. The van der Waals surface area contributed by atoms with Crippen LogP contribution in [0.5, 0.6) is 0 Å². The van der Waals surface area contributed by atoms with Crippen molar-refractivity contribution in [3.8, 4) is 0 Å². The number of nitrogens with zero attached hydrogens (tertiary/aromatic N) is 2. The minimum Gasteiger partial charge on any atom is -0.393 e. The van der Waals surface area contributed by atoms with Gasteiger partial charge in [0.25, 0.3) is 5.91 Å². The Bertz CT molecular complexity index is 1200. The van der Waals surface area contributed by atoms with Gasteiger partial charge in [0.2, 0.25) is 5.91 Å². The smallest absolute Gasteiger partial charge is 0.393 e. The first-order valence-corrected chi connectivity index (χ1v) is 12.3. The van der Waals surface area contributed by atoms with Crippen LogP contribution in [-0.4, -0.2) is 45.5 Å². The summed E-state index contributed by atoms with van der Waals surface area (Å²) >= 11 is 0. The summed E-state index contributed by atoms with van der Waals surface area (Å²) < 4.78 is 81.5. The molecule has 1 aromatic carbocycles. The van der Waals surface area contributed by atoms with Crippen LogP contribution in [0.1, 0.15) is 65.8 Å².